The third-order valence-corrected chi connectivity index (χ3v) is 8.75. The van der Waals surface area contributed by atoms with E-state index in [2.05, 4.69) is 20.0 Å². The number of aromatic nitrogens is 4. The van der Waals surface area contributed by atoms with Crippen LogP contribution >= 0.6 is 20.0 Å². The molecule has 2 saturated heterocycles. The minimum Gasteiger partial charge on any atom is -0.462 e. The molecule has 44 heavy (non-hydrogen) atoms. The number of hydrogen-bond donors (Lipinski definition) is 3. The Hall–Kier alpha value is -2.91. The molecule has 0 saturated carbocycles. The quantitative estimate of drug-likeness (QED) is 0.141. The third kappa shape index (κ3) is 7.31. The van der Waals surface area contributed by atoms with Crippen molar-refractivity contribution in [3.63, 3.8) is 0 Å². The zero-order chi connectivity index (χ0) is 31.8. The molecule has 2 aliphatic rings. The fourth-order valence-corrected chi connectivity index (χ4v) is 6.99. The van der Waals surface area contributed by atoms with Gasteiger partial charge in [0.15, 0.2) is 22.6 Å². The molecule has 4 unspecified atom stereocenters. The summed E-state index contributed by atoms with van der Waals surface area (Å²) in [7, 11) is -4.20. The zero-order valence-corrected chi connectivity index (χ0v) is 27.2. The molecule has 4 N–H and O–H groups in total. The predicted octanol–water partition coefficient (Wildman–Crippen LogP) is 4.65. The Balaban J connectivity index is 1.42. The van der Waals surface area contributed by atoms with Gasteiger partial charge in [-0.25, -0.2) is 14.5 Å². The first-order valence-corrected chi connectivity index (χ1v) is 16.4. The van der Waals surface area contributed by atoms with Crippen LogP contribution in [0.25, 0.3) is 11.2 Å². The van der Waals surface area contributed by atoms with Crippen molar-refractivity contribution in [2.24, 2.45) is 5.92 Å². The molecule has 0 aliphatic carbocycles. The summed E-state index contributed by atoms with van der Waals surface area (Å²) in [6, 6.07) is 7.61. The molecule has 6 atom stereocenters. The normalized spacial score (nSPS) is 24.8. The molecule has 2 aliphatic heterocycles. The van der Waals surface area contributed by atoms with Gasteiger partial charge in [-0.2, -0.15) is 5.09 Å². The van der Waals surface area contributed by atoms with E-state index in [0.717, 1.165) is 0 Å². The number of nitrogens with two attached hydrogens (primary N) is 1. The Morgan fingerprint density at radius 1 is 1.20 bits per heavy atom. The van der Waals surface area contributed by atoms with Crippen LogP contribution in [0, 0.1) is 10.6 Å². The maximum absolute atomic E-state index is 14.4. The van der Waals surface area contributed by atoms with Crippen LogP contribution in [0.1, 0.15) is 54.2 Å². The van der Waals surface area contributed by atoms with Crippen molar-refractivity contribution >= 4 is 43.0 Å². The Morgan fingerprint density at radius 2 is 1.91 bits per heavy atom. The number of rotatable bonds is 12. The van der Waals surface area contributed by atoms with Crippen molar-refractivity contribution in [1.82, 2.24) is 24.6 Å². The lowest BCUT2D eigenvalue weighted by Gasteiger charge is -2.28. The number of nitrogens with one attached hydrogen (secondary N) is 2. The minimum atomic E-state index is -4.20. The van der Waals surface area contributed by atoms with Crippen LogP contribution in [-0.4, -0.2) is 68.3 Å². The van der Waals surface area contributed by atoms with Crippen molar-refractivity contribution in [1.29, 1.82) is 0 Å². The summed E-state index contributed by atoms with van der Waals surface area (Å²) in [5, 5.41) is 2.85. The first kappa shape index (κ1) is 32.5. The molecule has 0 amide bonds. The van der Waals surface area contributed by atoms with Crippen LogP contribution in [0.5, 0.6) is 5.75 Å². The average molecular weight is 651 g/mol. The van der Waals surface area contributed by atoms with Crippen molar-refractivity contribution in [2.75, 3.05) is 12.3 Å². The van der Waals surface area contributed by atoms with Crippen molar-refractivity contribution in [3.05, 3.63) is 41.3 Å². The highest BCUT2D eigenvalue weighted by Gasteiger charge is 2.56. The van der Waals surface area contributed by atoms with Gasteiger partial charge in [-0.3, -0.25) is 13.9 Å². The lowest BCUT2D eigenvalue weighted by atomic mass is 10.0. The molecule has 0 radical (unpaired) electrons. The van der Waals surface area contributed by atoms with E-state index in [1.165, 1.54) is 0 Å². The Kier molecular flexibility index (Phi) is 9.47. The number of H-pyrrole nitrogens is 1. The van der Waals surface area contributed by atoms with Gasteiger partial charge in [-0.15, -0.1) is 0 Å². The summed E-state index contributed by atoms with van der Waals surface area (Å²) in [6.07, 6.45) is -1.17. The van der Waals surface area contributed by atoms with Crippen molar-refractivity contribution < 1.29 is 37.4 Å². The highest BCUT2D eigenvalue weighted by atomic mass is 32.1. The Labute approximate surface area is 260 Å². The number of para-hydroxylation sites is 1. The van der Waals surface area contributed by atoms with Crippen LogP contribution < -0.4 is 15.3 Å². The molecule has 16 heteroatoms. The van der Waals surface area contributed by atoms with Gasteiger partial charge in [0.1, 0.15) is 41.3 Å². The van der Waals surface area contributed by atoms with Crippen molar-refractivity contribution in [3.8, 4) is 5.75 Å². The molecule has 3 aromatic rings. The summed E-state index contributed by atoms with van der Waals surface area (Å²) in [4.78, 5) is 24.5. The number of carbonyl (C=O) groups excluding carboxylic acids is 1. The number of ether oxygens (including phenoxy) is 4. The lowest BCUT2D eigenvalue weighted by Crippen LogP contribution is -2.40. The molecule has 5 rings (SSSR count). The van der Waals surface area contributed by atoms with Gasteiger partial charge >= 0.3 is 13.7 Å². The number of nitrogen functional groups attached to an aromatic ring is 1. The van der Waals surface area contributed by atoms with E-state index >= 15 is 0 Å². The molecule has 2 fully saturated rings. The predicted molar refractivity (Wildman–Crippen MR) is 163 cm³/mol. The summed E-state index contributed by atoms with van der Waals surface area (Å²) in [6.45, 7) is 10.8. The van der Waals surface area contributed by atoms with E-state index in [-0.39, 0.29) is 29.2 Å². The summed E-state index contributed by atoms with van der Waals surface area (Å²) < 4.78 is 52.5. The van der Waals surface area contributed by atoms with Crippen LogP contribution in [0.4, 0.5) is 5.95 Å². The van der Waals surface area contributed by atoms with Gasteiger partial charge in [-0.1, -0.05) is 44.3 Å². The van der Waals surface area contributed by atoms with Crippen LogP contribution in [0.15, 0.2) is 36.7 Å². The summed E-state index contributed by atoms with van der Waals surface area (Å²) >= 11 is 5.33. The first-order chi connectivity index (χ1) is 20.7. The fraction of sp³-hybridized carbons (Fsp3) is 0.571. The van der Waals surface area contributed by atoms with Crippen LogP contribution in [-0.2, 0) is 32.8 Å². The van der Waals surface area contributed by atoms with Crippen molar-refractivity contribution in [2.45, 2.75) is 90.4 Å². The van der Waals surface area contributed by atoms with Gasteiger partial charge in [-0.05, 0) is 52.2 Å². The topological polar surface area (TPSA) is 174 Å². The highest BCUT2D eigenvalue weighted by molar-refractivity contribution is 7.71. The molecular weight excluding hydrogens is 611 g/mol. The molecule has 1 aromatic carbocycles. The number of nitrogens with zero attached hydrogens (tertiary/aromatic N) is 3. The number of esters is 1. The zero-order valence-electron chi connectivity index (χ0n) is 25.5. The molecule has 240 valence electrons. The van der Waals surface area contributed by atoms with Crippen LogP contribution in [0.3, 0.4) is 0 Å². The Bertz CT molecular complexity index is 1580. The highest BCUT2D eigenvalue weighted by Crippen LogP contribution is 2.49. The average Bonchev–Trinajstić information content (AvgIpc) is 3.57. The van der Waals surface area contributed by atoms with Gasteiger partial charge in [0.25, 0.3) is 0 Å². The number of hydrogen-bond acceptors (Lipinski definition) is 12. The van der Waals surface area contributed by atoms with Gasteiger partial charge < -0.3 is 34.2 Å². The summed E-state index contributed by atoms with van der Waals surface area (Å²) in [5.41, 5.74) is 6.88. The number of imidazole rings is 1. The standard InChI is InChI=1S/C28H39N6O8PS/c1-15(2)12-18(26(35)38-16(3)4)33-43(36,42-17-10-8-7-9-11-17)37-13-19-21-22(41-28(5,6)40-21)25(39-19)34-14-30-20-23(34)31-27(29)32-24(20)44/h7-11,14-16,18-19,21-22,25H,12-13H2,1-6H3,(H,33,36)(H3,29,31,32,44)/t18-,19+,21?,22?,25?,43?/m0/s1. The maximum atomic E-state index is 14.4. The van der Waals surface area contributed by atoms with E-state index in [4.69, 9.17) is 45.9 Å². The second kappa shape index (κ2) is 12.8. The second-order valence-electron chi connectivity index (χ2n) is 11.9. The number of fused-ring (bicyclic) bond motifs is 2. The molecule has 0 bridgehead atoms. The molecule has 0 spiro atoms. The molecule has 2 aromatic heterocycles. The monoisotopic (exact) mass is 650 g/mol. The number of aromatic amines is 1. The maximum Gasteiger partial charge on any atom is 0.459 e. The number of anilines is 1. The first-order valence-electron chi connectivity index (χ1n) is 14.4. The molecular formula is C28H39N6O8PS. The molecule has 14 nitrogen and oxygen atoms in total. The molecule has 4 heterocycles. The largest absolute Gasteiger partial charge is 0.462 e. The van der Waals surface area contributed by atoms with E-state index in [9.17, 15) is 9.36 Å². The van der Waals surface area contributed by atoms with Gasteiger partial charge in [0.2, 0.25) is 0 Å². The third-order valence-electron chi connectivity index (χ3n) is 6.90. The van der Waals surface area contributed by atoms with E-state index in [0.29, 0.717) is 23.3 Å². The van der Waals surface area contributed by atoms with Gasteiger partial charge in [0, 0.05) is 0 Å². The minimum absolute atomic E-state index is 0.0741. The lowest BCUT2D eigenvalue weighted by molar-refractivity contribution is -0.199. The SMILES string of the molecule is CC(C)C[C@H](NP(=O)(OC[C@H]1OC(n2cnc3c(=S)nc(N)[nH]c32)C2OC(C)(C)OC21)Oc1ccccc1)C(=O)OC(C)C. The smallest absolute Gasteiger partial charge is 0.459 e. The Morgan fingerprint density at radius 3 is 2.59 bits per heavy atom. The van der Waals surface area contributed by atoms with E-state index in [1.54, 1.807) is 68.9 Å². The second-order valence-corrected chi connectivity index (χ2v) is 14.0. The number of benzene rings is 1. The number of carbonyl (C=O) groups is 1. The summed E-state index contributed by atoms with van der Waals surface area (Å²) in [5.74, 6) is -1.01. The fourth-order valence-electron chi connectivity index (χ4n) is 5.22. The van der Waals surface area contributed by atoms with E-state index < -0.39 is 50.1 Å². The van der Waals surface area contributed by atoms with Crippen LogP contribution in [0.2, 0.25) is 0 Å². The van der Waals surface area contributed by atoms with Gasteiger partial charge in [0.05, 0.1) is 19.0 Å². The van der Waals surface area contributed by atoms with E-state index in [1.807, 2.05) is 13.8 Å².